The molecular weight excluding hydrogens is 341 g/mol. The molecule has 0 radical (unpaired) electrons. The molecule has 1 N–H and O–H groups in total. The van der Waals surface area contributed by atoms with Gasteiger partial charge in [-0.3, -0.25) is 4.40 Å². The van der Waals surface area contributed by atoms with E-state index >= 15 is 0 Å². The summed E-state index contributed by atoms with van der Waals surface area (Å²) in [5.74, 6) is -0.264. The highest BCUT2D eigenvalue weighted by atomic mass is 79.9. The molecule has 0 saturated carbocycles. The fourth-order valence-electron chi connectivity index (χ4n) is 2.21. The number of nitrogens with zero attached hydrogens (tertiary/aromatic N) is 2. The van der Waals surface area contributed by atoms with Gasteiger partial charge in [-0.25, -0.2) is 9.37 Å². The maximum absolute atomic E-state index is 13.8. The first-order valence-corrected chi connectivity index (χ1v) is 7.85. The number of hydrogen-bond donors (Lipinski definition) is 1. The van der Waals surface area contributed by atoms with Gasteiger partial charge in [-0.05, 0) is 41.9 Å². The second-order valence-electron chi connectivity index (χ2n) is 4.59. The molecule has 0 aliphatic rings. The Labute approximate surface area is 128 Å². The predicted octanol–water partition coefficient (Wildman–Crippen LogP) is 4.53. The number of rotatable bonds is 3. The summed E-state index contributed by atoms with van der Waals surface area (Å²) in [7, 11) is 0. The van der Waals surface area contributed by atoms with Crippen LogP contribution in [0, 0.1) is 19.7 Å². The quantitative estimate of drug-likeness (QED) is 0.749. The SMILES string of the molecule is Cc1nc2scc(C)n2c1CNc1c(F)cccc1Br. The van der Waals surface area contributed by atoms with Crippen LogP contribution in [0.3, 0.4) is 0 Å². The van der Waals surface area contributed by atoms with Crippen LogP contribution in [0.15, 0.2) is 28.1 Å². The molecule has 0 unspecified atom stereocenters. The van der Waals surface area contributed by atoms with Crippen LogP contribution in [0.1, 0.15) is 17.1 Å². The van der Waals surface area contributed by atoms with Crippen molar-refractivity contribution >= 4 is 37.9 Å². The van der Waals surface area contributed by atoms with E-state index in [1.54, 1.807) is 17.4 Å². The summed E-state index contributed by atoms with van der Waals surface area (Å²) in [5, 5.41) is 5.23. The molecule has 0 fully saturated rings. The molecule has 3 nitrogen and oxygen atoms in total. The van der Waals surface area contributed by atoms with Crippen molar-refractivity contribution in [1.82, 2.24) is 9.38 Å². The number of halogens is 2. The fourth-order valence-corrected chi connectivity index (χ4v) is 3.63. The highest BCUT2D eigenvalue weighted by Crippen LogP contribution is 2.27. The maximum Gasteiger partial charge on any atom is 0.194 e. The Balaban J connectivity index is 1.94. The second-order valence-corrected chi connectivity index (χ2v) is 6.28. The molecule has 0 saturated heterocycles. The van der Waals surface area contributed by atoms with Crippen LogP contribution in [-0.2, 0) is 6.54 Å². The number of hydrogen-bond acceptors (Lipinski definition) is 3. The van der Waals surface area contributed by atoms with Crippen LogP contribution in [0.5, 0.6) is 0 Å². The van der Waals surface area contributed by atoms with Gasteiger partial charge in [-0.1, -0.05) is 6.07 Å². The summed E-state index contributed by atoms with van der Waals surface area (Å²) in [6.07, 6.45) is 0. The molecule has 104 valence electrons. The Morgan fingerprint density at radius 2 is 2.20 bits per heavy atom. The molecule has 6 heteroatoms. The van der Waals surface area contributed by atoms with Crippen LogP contribution < -0.4 is 5.32 Å². The van der Waals surface area contributed by atoms with E-state index in [2.05, 4.69) is 36.0 Å². The first kappa shape index (κ1) is 13.6. The van der Waals surface area contributed by atoms with Crippen LogP contribution in [0.2, 0.25) is 0 Å². The molecular formula is C14H13BrFN3S. The Morgan fingerprint density at radius 1 is 1.40 bits per heavy atom. The van der Waals surface area contributed by atoms with Crippen molar-refractivity contribution in [2.24, 2.45) is 0 Å². The van der Waals surface area contributed by atoms with E-state index in [0.717, 1.165) is 26.5 Å². The predicted molar refractivity (Wildman–Crippen MR) is 84.0 cm³/mol. The topological polar surface area (TPSA) is 29.3 Å². The summed E-state index contributed by atoms with van der Waals surface area (Å²) < 4.78 is 16.6. The standard InChI is InChI=1S/C14H13BrFN3S/c1-8-7-20-14-18-9(2)12(19(8)14)6-17-13-10(15)4-3-5-11(13)16/h3-5,7,17H,6H2,1-2H3. The van der Waals surface area contributed by atoms with Crippen molar-refractivity contribution in [2.75, 3.05) is 5.32 Å². The largest absolute Gasteiger partial charge is 0.376 e. The van der Waals surface area contributed by atoms with Gasteiger partial charge >= 0.3 is 0 Å². The molecule has 0 bridgehead atoms. The van der Waals surface area contributed by atoms with E-state index < -0.39 is 0 Å². The zero-order valence-corrected chi connectivity index (χ0v) is 13.5. The van der Waals surface area contributed by atoms with E-state index in [4.69, 9.17) is 0 Å². The molecule has 0 atom stereocenters. The number of aromatic nitrogens is 2. The number of nitrogens with one attached hydrogen (secondary N) is 1. The first-order chi connectivity index (χ1) is 9.58. The summed E-state index contributed by atoms with van der Waals surface area (Å²) in [6, 6.07) is 4.94. The van der Waals surface area contributed by atoms with Gasteiger partial charge in [-0.2, -0.15) is 0 Å². The van der Waals surface area contributed by atoms with E-state index in [9.17, 15) is 4.39 Å². The van der Waals surface area contributed by atoms with Crippen LogP contribution in [0.4, 0.5) is 10.1 Å². The van der Waals surface area contributed by atoms with Crippen molar-refractivity contribution in [3.05, 3.63) is 51.0 Å². The van der Waals surface area contributed by atoms with Crippen molar-refractivity contribution in [3.63, 3.8) is 0 Å². The number of fused-ring (bicyclic) bond motifs is 1. The van der Waals surface area contributed by atoms with Gasteiger partial charge in [0, 0.05) is 15.5 Å². The minimum absolute atomic E-state index is 0.264. The monoisotopic (exact) mass is 353 g/mol. The van der Waals surface area contributed by atoms with Crippen LogP contribution >= 0.6 is 27.3 Å². The van der Waals surface area contributed by atoms with E-state index in [-0.39, 0.29) is 5.82 Å². The Hall–Kier alpha value is -1.40. The number of para-hydroxylation sites is 1. The fraction of sp³-hybridized carbons (Fsp3) is 0.214. The minimum Gasteiger partial charge on any atom is -0.376 e. The minimum atomic E-state index is -0.264. The molecule has 3 rings (SSSR count). The zero-order chi connectivity index (χ0) is 14.3. The van der Waals surface area contributed by atoms with Gasteiger partial charge in [0.25, 0.3) is 0 Å². The van der Waals surface area contributed by atoms with E-state index in [1.165, 1.54) is 6.07 Å². The van der Waals surface area contributed by atoms with Gasteiger partial charge in [0.05, 0.1) is 23.6 Å². The van der Waals surface area contributed by atoms with Crippen molar-refractivity contribution in [2.45, 2.75) is 20.4 Å². The molecule has 0 spiro atoms. The van der Waals surface area contributed by atoms with E-state index in [1.807, 2.05) is 19.9 Å². The van der Waals surface area contributed by atoms with Gasteiger partial charge in [0.2, 0.25) is 0 Å². The Kier molecular flexibility index (Phi) is 3.52. The summed E-state index contributed by atoms with van der Waals surface area (Å²) in [5.41, 5.74) is 3.67. The summed E-state index contributed by atoms with van der Waals surface area (Å²) in [4.78, 5) is 5.50. The second kappa shape index (κ2) is 5.18. The molecule has 0 aliphatic heterocycles. The Morgan fingerprint density at radius 3 is 2.95 bits per heavy atom. The lowest BCUT2D eigenvalue weighted by Crippen LogP contribution is -2.06. The molecule has 2 aromatic heterocycles. The number of aryl methyl sites for hydroxylation is 2. The molecule has 3 aromatic rings. The third kappa shape index (κ3) is 2.23. The molecule has 0 amide bonds. The lowest BCUT2D eigenvalue weighted by molar-refractivity contribution is 0.629. The third-order valence-corrected chi connectivity index (χ3v) is 4.83. The molecule has 20 heavy (non-hydrogen) atoms. The van der Waals surface area contributed by atoms with Crippen LogP contribution in [0.25, 0.3) is 4.96 Å². The molecule has 1 aromatic carbocycles. The average molecular weight is 354 g/mol. The van der Waals surface area contributed by atoms with Gasteiger partial charge in [0.15, 0.2) is 4.96 Å². The normalized spacial score (nSPS) is 11.2. The van der Waals surface area contributed by atoms with Gasteiger partial charge in [0.1, 0.15) is 5.82 Å². The highest BCUT2D eigenvalue weighted by molar-refractivity contribution is 9.10. The number of imidazole rings is 1. The molecule has 2 heterocycles. The number of anilines is 1. The van der Waals surface area contributed by atoms with Crippen molar-refractivity contribution in [1.29, 1.82) is 0 Å². The lowest BCUT2D eigenvalue weighted by Gasteiger charge is -2.10. The van der Waals surface area contributed by atoms with Crippen molar-refractivity contribution in [3.8, 4) is 0 Å². The summed E-state index contributed by atoms with van der Waals surface area (Å²) >= 11 is 4.98. The lowest BCUT2D eigenvalue weighted by atomic mass is 10.3. The highest BCUT2D eigenvalue weighted by Gasteiger charge is 2.13. The third-order valence-electron chi connectivity index (χ3n) is 3.23. The first-order valence-electron chi connectivity index (χ1n) is 6.18. The average Bonchev–Trinajstić information content (AvgIpc) is 2.90. The van der Waals surface area contributed by atoms with Crippen LogP contribution in [-0.4, -0.2) is 9.38 Å². The Bertz CT molecular complexity index is 758. The maximum atomic E-state index is 13.8. The number of thiazole rings is 1. The summed E-state index contributed by atoms with van der Waals surface area (Å²) in [6.45, 7) is 4.56. The van der Waals surface area contributed by atoms with Gasteiger partial charge in [-0.15, -0.1) is 11.3 Å². The van der Waals surface area contributed by atoms with Crippen molar-refractivity contribution < 1.29 is 4.39 Å². The zero-order valence-electron chi connectivity index (χ0n) is 11.1. The smallest absolute Gasteiger partial charge is 0.194 e. The molecule has 0 aliphatic carbocycles. The number of benzene rings is 1. The van der Waals surface area contributed by atoms with Gasteiger partial charge < -0.3 is 5.32 Å². The van der Waals surface area contributed by atoms with E-state index in [0.29, 0.717) is 12.2 Å².